The highest BCUT2D eigenvalue weighted by atomic mass is 32.1. The monoisotopic (exact) mass is 299 g/mol. The van der Waals surface area contributed by atoms with Crippen molar-refractivity contribution in [3.63, 3.8) is 0 Å². The molecular formula is C13H17NO5S. The minimum atomic E-state index is -0.541. The third kappa shape index (κ3) is 2.36. The molecule has 20 heavy (non-hydrogen) atoms. The quantitative estimate of drug-likeness (QED) is 0.823. The lowest BCUT2D eigenvalue weighted by Gasteiger charge is -2.35. The van der Waals surface area contributed by atoms with Gasteiger partial charge in [0.1, 0.15) is 18.1 Å². The first-order valence-electron chi connectivity index (χ1n) is 6.66. The first kappa shape index (κ1) is 13.7. The van der Waals surface area contributed by atoms with Gasteiger partial charge in [-0.3, -0.25) is 4.79 Å². The fourth-order valence-corrected chi connectivity index (χ4v) is 3.43. The summed E-state index contributed by atoms with van der Waals surface area (Å²) in [4.78, 5) is 14.7. The SMILES string of the molecule is O=C(c1scc2c1OCCO2)N1CC[C@H](O)[C@H](CO)C1. The Morgan fingerprint density at radius 3 is 3.05 bits per heavy atom. The van der Waals surface area contributed by atoms with Gasteiger partial charge in [0, 0.05) is 24.4 Å². The molecule has 0 aromatic carbocycles. The Kier molecular flexibility index (Phi) is 3.82. The Morgan fingerprint density at radius 1 is 1.45 bits per heavy atom. The number of carbonyl (C=O) groups excluding carboxylic acids is 1. The van der Waals surface area contributed by atoms with Crippen LogP contribution in [-0.2, 0) is 0 Å². The van der Waals surface area contributed by atoms with Crippen molar-refractivity contribution in [3.8, 4) is 11.5 Å². The number of piperidine rings is 1. The predicted molar refractivity (Wildman–Crippen MR) is 72.4 cm³/mol. The molecule has 2 atom stereocenters. The average molecular weight is 299 g/mol. The molecule has 1 aromatic rings. The molecule has 0 aliphatic carbocycles. The molecule has 7 heteroatoms. The Morgan fingerprint density at radius 2 is 2.25 bits per heavy atom. The van der Waals surface area contributed by atoms with E-state index >= 15 is 0 Å². The zero-order valence-corrected chi connectivity index (χ0v) is 11.8. The standard InChI is InChI=1S/C13H17NO5S/c15-6-8-5-14(2-1-9(8)16)13(17)12-11-10(7-20-12)18-3-4-19-11/h7-9,15-16H,1-6H2/t8-,9-/m0/s1. The molecule has 0 spiro atoms. The Bertz CT molecular complexity index is 503. The first-order chi connectivity index (χ1) is 9.70. The minimum absolute atomic E-state index is 0.118. The van der Waals surface area contributed by atoms with E-state index in [1.54, 1.807) is 10.3 Å². The number of fused-ring (bicyclic) bond motifs is 1. The van der Waals surface area contributed by atoms with Crippen LogP contribution in [0.3, 0.4) is 0 Å². The zero-order chi connectivity index (χ0) is 14.1. The van der Waals surface area contributed by atoms with E-state index in [0.29, 0.717) is 49.1 Å². The molecule has 2 N–H and O–H groups in total. The first-order valence-corrected chi connectivity index (χ1v) is 7.54. The van der Waals surface area contributed by atoms with Gasteiger partial charge in [-0.05, 0) is 6.42 Å². The fraction of sp³-hybridized carbons (Fsp3) is 0.615. The summed E-state index contributed by atoms with van der Waals surface area (Å²) in [6.07, 6.45) is -0.0529. The number of hydrogen-bond donors (Lipinski definition) is 2. The van der Waals surface area contributed by atoms with Crippen LogP contribution in [0.2, 0.25) is 0 Å². The Balaban J connectivity index is 1.77. The summed E-state index contributed by atoms with van der Waals surface area (Å²) in [6.45, 7) is 1.68. The number of likely N-dealkylation sites (tertiary alicyclic amines) is 1. The normalized spacial score (nSPS) is 25.6. The topological polar surface area (TPSA) is 79.2 Å². The highest BCUT2D eigenvalue weighted by molar-refractivity contribution is 7.12. The van der Waals surface area contributed by atoms with Crippen LogP contribution in [0.1, 0.15) is 16.1 Å². The second-order valence-electron chi connectivity index (χ2n) is 5.00. The van der Waals surface area contributed by atoms with E-state index in [9.17, 15) is 15.0 Å². The Labute approximate surface area is 120 Å². The van der Waals surface area contributed by atoms with Crippen LogP contribution < -0.4 is 9.47 Å². The van der Waals surface area contributed by atoms with Crippen LogP contribution in [-0.4, -0.2) is 60.0 Å². The molecule has 0 bridgehead atoms. The largest absolute Gasteiger partial charge is 0.485 e. The summed E-state index contributed by atoms with van der Waals surface area (Å²) in [7, 11) is 0. The number of amides is 1. The number of aliphatic hydroxyl groups is 2. The fourth-order valence-electron chi connectivity index (χ4n) is 2.54. The number of nitrogens with zero attached hydrogens (tertiary/aromatic N) is 1. The maximum Gasteiger partial charge on any atom is 0.267 e. The summed E-state index contributed by atoms with van der Waals surface area (Å²) in [5.74, 6) is 0.756. The lowest BCUT2D eigenvalue weighted by molar-refractivity contribution is 0.00345. The molecule has 1 saturated heterocycles. The maximum absolute atomic E-state index is 12.5. The molecule has 1 fully saturated rings. The second kappa shape index (κ2) is 5.59. The van der Waals surface area contributed by atoms with Crippen LogP contribution >= 0.6 is 11.3 Å². The summed E-state index contributed by atoms with van der Waals surface area (Å²) in [5.41, 5.74) is 0. The maximum atomic E-state index is 12.5. The minimum Gasteiger partial charge on any atom is -0.485 e. The molecule has 0 radical (unpaired) electrons. The van der Waals surface area contributed by atoms with Crippen molar-refractivity contribution in [2.75, 3.05) is 32.9 Å². The third-order valence-electron chi connectivity index (χ3n) is 3.71. The molecule has 0 saturated carbocycles. The molecular weight excluding hydrogens is 282 g/mol. The molecule has 3 heterocycles. The average Bonchev–Trinajstić information content (AvgIpc) is 2.91. The van der Waals surface area contributed by atoms with E-state index in [1.807, 2.05) is 0 Å². The molecule has 1 amide bonds. The van der Waals surface area contributed by atoms with Crippen molar-refractivity contribution < 1.29 is 24.5 Å². The van der Waals surface area contributed by atoms with Crippen molar-refractivity contribution in [3.05, 3.63) is 10.3 Å². The highest BCUT2D eigenvalue weighted by Gasteiger charge is 2.33. The van der Waals surface area contributed by atoms with Crippen molar-refractivity contribution in [1.82, 2.24) is 4.90 Å². The van der Waals surface area contributed by atoms with Crippen LogP contribution in [0.25, 0.3) is 0 Å². The van der Waals surface area contributed by atoms with Gasteiger partial charge in [-0.25, -0.2) is 0 Å². The van der Waals surface area contributed by atoms with Gasteiger partial charge < -0.3 is 24.6 Å². The second-order valence-corrected chi connectivity index (χ2v) is 5.88. The molecule has 6 nitrogen and oxygen atoms in total. The van der Waals surface area contributed by atoms with Gasteiger partial charge in [-0.2, -0.15) is 0 Å². The molecule has 3 rings (SSSR count). The Hall–Kier alpha value is -1.31. The molecule has 0 unspecified atom stereocenters. The van der Waals surface area contributed by atoms with Crippen LogP contribution in [0, 0.1) is 5.92 Å². The van der Waals surface area contributed by atoms with E-state index in [0.717, 1.165) is 0 Å². The highest BCUT2D eigenvalue weighted by Crippen LogP contribution is 2.40. The number of aliphatic hydroxyl groups excluding tert-OH is 2. The number of thiophene rings is 1. The lowest BCUT2D eigenvalue weighted by Crippen LogP contribution is -2.47. The molecule has 110 valence electrons. The smallest absolute Gasteiger partial charge is 0.267 e. The van der Waals surface area contributed by atoms with Crippen molar-refractivity contribution in [2.45, 2.75) is 12.5 Å². The number of rotatable bonds is 2. The van der Waals surface area contributed by atoms with E-state index in [2.05, 4.69) is 0 Å². The summed E-state index contributed by atoms with van der Waals surface area (Å²) < 4.78 is 11.0. The van der Waals surface area contributed by atoms with Crippen molar-refractivity contribution in [1.29, 1.82) is 0 Å². The zero-order valence-electron chi connectivity index (χ0n) is 10.9. The molecule has 2 aliphatic heterocycles. The van der Waals surface area contributed by atoms with E-state index < -0.39 is 6.10 Å². The number of carbonyl (C=O) groups is 1. The van der Waals surface area contributed by atoms with Gasteiger partial charge in [0.2, 0.25) is 0 Å². The summed E-state index contributed by atoms with van der Waals surface area (Å²) in [5, 5.41) is 20.8. The van der Waals surface area contributed by atoms with Gasteiger partial charge >= 0.3 is 0 Å². The molecule has 2 aliphatic rings. The van der Waals surface area contributed by atoms with Crippen LogP contribution in [0.4, 0.5) is 0 Å². The summed E-state index contributed by atoms with van der Waals surface area (Å²) in [6, 6.07) is 0. The van der Waals surface area contributed by atoms with E-state index in [-0.39, 0.29) is 18.4 Å². The summed E-state index contributed by atoms with van der Waals surface area (Å²) >= 11 is 1.31. The number of ether oxygens (including phenoxy) is 2. The van der Waals surface area contributed by atoms with Gasteiger partial charge in [-0.1, -0.05) is 0 Å². The molecule has 1 aromatic heterocycles. The van der Waals surface area contributed by atoms with Gasteiger partial charge in [0.15, 0.2) is 11.5 Å². The van der Waals surface area contributed by atoms with Crippen LogP contribution in [0.15, 0.2) is 5.38 Å². The lowest BCUT2D eigenvalue weighted by atomic mass is 9.95. The van der Waals surface area contributed by atoms with Crippen LogP contribution in [0.5, 0.6) is 11.5 Å². The van der Waals surface area contributed by atoms with Gasteiger partial charge in [0.05, 0.1) is 12.7 Å². The van der Waals surface area contributed by atoms with Gasteiger partial charge in [-0.15, -0.1) is 11.3 Å². The van der Waals surface area contributed by atoms with E-state index in [4.69, 9.17) is 9.47 Å². The predicted octanol–water partition coefficient (Wildman–Crippen LogP) is 0.335. The number of hydrogen-bond acceptors (Lipinski definition) is 6. The van der Waals surface area contributed by atoms with Gasteiger partial charge in [0.25, 0.3) is 5.91 Å². The van der Waals surface area contributed by atoms with Crippen molar-refractivity contribution >= 4 is 17.2 Å². The van der Waals surface area contributed by atoms with Crippen molar-refractivity contribution in [2.24, 2.45) is 5.92 Å². The third-order valence-corrected chi connectivity index (χ3v) is 4.64. The van der Waals surface area contributed by atoms with E-state index in [1.165, 1.54) is 11.3 Å².